The average Bonchev–Trinajstić information content (AvgIpc) is 3.10. The van der Waals surface area contributed by atoms with Crippen LogP contribution in [-0.2, 0) is 9.53 Å². The summed E-state index contributed by atoms with van der Waals surface area (Å²) in [6, 6.07) is 6.75. The summed E-state index contributed by atoms with van der Waals surface area (Å²) >= 11 is 0. The fraction of sp³-hybridized carbons (Fsp3) is 0.429. The Bertz CT molecular complexity index is 624. The lowest BCUT2D eigenvalue weighted by Gasteiger charge is -2.26. The monoisotopic (exact) mass is 302 g/mol. The van der Waals surface area contributed by atoms with Crippen molar-refractivity contribution >= 4 is 11.6 Å². The van der Waals surface area contributed by atoms with Gasteiger partial charge in [0.15, 0.2) is 0 Å². The van der Waals surface area contributed by atoms with Crippen molar-refractivity contribution < 1.29 is 9.53 Å². The lowest BCUT2D eigenvalue weighted by molar-refractivity contribution is -0.119. The molecular formula is C14H18N6O2. The first-order chi connectivity index (χ1) is 10.7. The Kier molecular flexibility index (Phi) is 4.40. The van der Waals surface area contributed by atoms with Gasteiger partial charge in [0.05, 0.1) is 11.7 Å². The van der Waals surface area contributed by atoms with E-state index in [-0.39, 0.29) is 11.8 Å². The highest BCUT2D eigenvalue weighted by atomic mass is 16.5. The van der Waals surface area contributed by atoms with Gasteiger partial charge in [-0.1, -0.05) is 6.07 Å². The number of nitrogens with two attached hydrogens (primary N) is 1. The number of benzene rings is 1. The zero-order valence-corrected chi connectivity index (χ0v) is 12.1. The van der Waals surface area contributed by atoms with Crippen molar-refractivity contribution in [2.24, 2.45) is 11.7 Å². The molecular weight excluding hydrogens is 284 g/mol. The second-order valence-corrected chi connectivity index (χ2v) is 5.27. The Morgan fingerprint density at radius 1 is 1.41 bits per heavy atom. The molecule has 0 aliphatic carbocycles. The lowest BCUT2D eigenvalue weighted by atomic mass is 9.92. The molecule has 0 radical (unpaired) electrons. The smallest absolute Gasteiger partial charge is 0.241 e. The molecule has 2 heterocycles. The Balaban J connectivity index is 1.67. The molecule has 0 saturated carbocycles. The molecule has 1 aromatic heterocycles. The fourth-order valence-electron chi connectivity index (χ4n) is 2.52. The van der Waals surface area contributed by atoms with Crippen molar-refractivity contribution in [3.8, 4) is 5.69 Å². The van der Waals surface area contributed by atoms with Crippen molar-refractivity contribution in [3.63, 3.8) is 0 Å². The summed E-state index contributed by atoms with van der Waals surface area (Å²) in [5.41, 5.74) is 7.50. The van der Waals surface area contributed by atoms with Gasteiger partial charge in [0.2, 0.25) is 5.91 Å². The number of tetrazole rings is 1. The molecule has 1 saturated heterocycles. The van der Waals surface area contributed by atoms with E-state index in [4.69, 9.17) is 10.5 Å². The number of nitrogens with one attached hydrogen (secondary N) is 1. The second-order valence-electron chi connectivity index (χ2n) is 5.27. The van der Waals surface area contributed by atoms with E-state index >= 15 is 0 Å². The number of hydrogen-bond donors (Lipinski definition) is 2. The predicted molar refractivity (Wildman–Crippen MR) is 79.3 cm³/mol. The van der Waals surface area contributed by atoms with Crippen LogP contribution in [0.1, 0.15) is 12.8 Å². The minimum atomic E-state index is -0.527. The first-order valence-corrected chi connectivity index (χ1v) is 7.21. The summed E-state index contributed by atoms with van der Waals surface area (Å²) in [7, 11) is 0. The van der Waals surface area contributed by atoms with E-state index < -0.39 is 6.04 Å². The lowest BCUT2D eigenvalue weighted by Crippen LogP contribution is -2.44. The van der Waals surface area contributed by atoms with Crippen LogP contribution in [-0.4, -0.2) is 45.4 Å². The average molecular weight is 302 g/mol. The molecule has 1 unspecified atom stereocenters. The Morgan fingerprint density at radius 2 is 2.23 bits per heavy atom. The number of anilines is 1. The molecule has 1 fully saturated rings. The molecule has 116 valence electrons. The highest BCUT2D eigenvalue weighted by Crippen LogP contribution is 2.19. The van der Waals surface area contributed by atoms with E-state index in [1.165, 1.54) is 11.0 Å². The third-order valence-electron chi connectivity index (χ3n) is 3.80. The molecule has 22 heavy (non-hydrogen) atoms. The SMILES string of the molecule is NC(C(=O)Nc1cccc(-n2cnnn2)c1)C1CCOCC1. The van der Waals surface area contributed by atoms with Crippen molar-refractivity contribution in [3.05, 3.63) is 30.6 Å². The van der Waals surface area contributed by atoms with E-state index in [2.05, 4.69) is 20.8 Å². The van der Waals surface area contributed by atoms with Crippen LogP contribution in [0.25, 0.3) is 5.69 Å². The van der Waals surface area contributed by atoms with Crippen LogP contribution >= 0.6 is 0 Å². The second kappa shape index (κ2) is 6.63. The number of carbonyl (C=O) groups excluding carboxylic acids is 1. The topological polar surface area (TPSA) is 108 Å². The number of carbonyl (C=O) groups is 1. The number of rotatable bonds is 4. The van der Waals surface area contributed by atoms with Gasteiger partial charge >= 0.3 is 0 Å². The van der Waals surface area contributed by atoms with E-state index in [1.807, 2.05) is 18.2 Å². The maximum atomic E-state index is 12.3. The van der Waals surface area contributed by atoms with Gasteiger partial charge in [-0.3, -0.25) is 4.79 Å². The Labute approximate surface area is 127 Å². The zero-order chi connectivity index (χ0) is 15.4. The van der Waals surface area contributed by atoms with Crippen LogP contribution in [0.2, 0.25) is 0 Å². The van der Waals surface area contributed by atoms with Gasteiger partial charge in [-0.05, 0) is 47.4 Å². The van der Waals surface area contributed by atoms with Crippen LogP contribution < -0.4 is 11.1 Å². The maximum absolute atomic E-state index is 12.3. The van der Waals surface area contributed by atoms with E-state index in [1.54, 1.807) is 6.07 Å². The summed E-state index contributed by atoms with van der Waals surface area (Å²) in [6.45, 7) is 1.33. The summed E-state index contributed by atoms with van der Waals surface area (Å²) in [6.07, 6.45) is 3.13. The molecule has 1 amide bonds. The summed E-state index contributed by atoms with van der Waals surface area (Å²) in [5.74, 6) is -0.0165. The highest BCUT2D eigenvalue weighted by Gasteiger charge is 2.26. The number of hydrogen-bond acceptors (Lipinski definition) is 6. The molecule has 1 atom stereocenters. The number of nitrogens with zero attached hydrogens (tertiary/aromatic N) is 4. The van der Waals surface area contributed by atoms with Gasteiger partial charge < -0.3 is 15.8 Å². The number of amides is 1. The van der Waals surface area contributed by atoms with Crippen LogP contribution in [0, 0.1) is 5.92 Å². The molecule has 8 heteroatoms. The minimum absolute atomic E-state index is 0.163. The number of aromatic nitrogens is 4. The largest absolute Gasteiger partial charge is 0.381 e. The molecule has 1 aromatic carbocycles. The molecule has 3 N–H and O–H groups in total. The maximum Gasteiger partial charge on any atom is 0.241 e. The molecule has 0 bridgehead atoms. The first-order valence-electron chi connectivity index (χ1n) is 7.21. The van der Waals surface area contributed by atoms with Crippen molar-refractivity contribution in [1.29, 1.82) is 0 Å². The summed E-state index contributed by atoms with van der Waals surface area (Å²) in [5, 5.41) is 13.9. The van der Waals surface area contributed by atoms with Gasteiger partial charge in [0, 0.05) is 18.9 Å². The quantitative estimate of drug-likeness (QED) is 0.844. The third-order valence-corrected chi connectivity index (χ3v) is 3.80. The van der Waals surface area contributed by atoms with Crippen LogP contribution in [0.3, 0.4) is 0 Å². The Hall–Kier alpha value is -2.32. The molecule has 3 rings (SSSR count). The van der Waals surface area contributed by atoms with Crippen LogP contribution in [0.4, 0.5) is 5.69 Å². The van der Waals surface area contributed by atoms with E-state index in [9.17, 15) is 4.79 Å². The third kappa shape index (κ3) is 3.29. The van der Waals surface area contributed by atoms with Crippen LogP contribution in [0.15, 0.2) is 30.6 Å². The predicted octanol–water partition coefficient (Wildman–Crippen LogP) is 0.355. The van der Waals surface area contributed by atoms with Gasteiger partial charge in [-0.25, -0.2) is 4.68 Å². The van der Waals surface area contributed by atoms with Gasteiger partial charge in [-0.2, -0.15) is 0 Å². The van der Waals surface area contributed by atoms with Crippen molar-refractivity contribution in [2.75, 3.05) is 18.5 Å². The van der Waals surface area contributed by atoms with E-state index in [0.29, 0.717) is 18.9 Å². The summed E-state index contributed by atoms with van der Waals surface area (Å²) in [4.78, 5) is 12.3. The Morgan fingerprint density at radius 3 is 2.95 bits per heavy atom. The number of ether oxygens (including phenoxy) is 1. The normalized spacial score (nSPS) is 17.1. The molecule has 2 aromatic rings. The van der Waals surface area contributed by atoms with E-state index in [0.717, 1.165) is 18.5 Å². The van der Waals surface area contributed by atoms with Gasteiger partial charge in [0.1, 0.15) is 6.33 Å². The van der Waals surface area contributed by atoms with Crippen molar-refractivity contribution in [2.45, 2.75) is 18.9 Å². The zero-order valence-electron chi connectivity index (χ0n) is 12.1. The van der Waals surface area contributed by atoms with Crippen LogP contribution in [0.5, 0.6) is 0 Å². The first kappa shape index (κ1) is 14.6. The molecule has 0 spiro atoms. The van der Waals surface area contributed by atoms with Gasteiger partial charge in [-0.15, -0.1) is 5.10 Å². The fourth-order valence-corrected chi connectivity index (χ4v) is 2.52. The molecule has 1 aliphatic heterocycles. The molecule has 1 aliphatic rings. The minimum Gasteiger partial charge on any atom is -0.381 e. The molecule has 8 nitrogen and oxygen atoms in total. The summed E-state index contributed by atoms with van der Waals surface area (Å²) < 4.78 is 6.82. The van der Waals surface area contributed by atoms with Gasteiger partial charge in [0.25, 0.3) is 0 Å². The van der Waals surface area contributed by atoms with Crippen molar-refractivity contribution in [1.82, 2.24) is 20.2 Å². The highest BCUT2D eigenvalue weighted by molar-refractivity contribution is 5.95. The standard InChI is InChI=1S/C14H18N6O2/c15-13(10-4-6-22-7-5-10)14(21)17-11-2-1-3-12(8-11)20-9-16-18-19-20/h1-3,8-10,13H,4-7,15H2,(H,17,21).